The van der Waals surface area contributed by atoms with Gasteiger partial charge in [-0.05, 0) is 108 Å². The molecule has 6 rings (SSSR count). The molecule has 4 aromatic rings. The molecule has 0 N–H and O–H groups in total. The van der Waals surface area contributed by atoms with E-state index in [2.05, 4.69) is 32.1 Å². The first-order valence-corrected chi connectivity index (χ1v) is 16.9. The Labute approximate surface area is 257 Å². The molecule has 0 aromatic heterocycles. The average molecular weight is 633 g/mol. The molecule has 2 aliphatic rings. The number of hydrogen-bond acceptors (Lipinski definition) is 10. The quantitative estimate of drug-likeness (QED) is 0.123. The first-order chi connectivity index (χ1) is 20.4. The van der Waals surface area contributed by atoms with E-state index in [0.29, 0.717) is 13.1 Å². The van der Waals surface area contributed by atoms with Crippen molar-refractivity contribution >= 4 is 80.9 Å². The molecule has 0 saturated heterocycles. The first kappa shape index (κ1) is 28.8. The normalized spacial score (nSPS) is 15.3. The van der Waals surface area contributed by atoms with Crippen molar-refractivity contribution in [3.63, 3.8) is 0 Å². The van der Waals surface area contributed by atoms with Gasteiger partial charge in [0.2, 0.25) is 0 Å². The van der Waals surface area contributed by atoms with Crippen LogP contribution in [0.1, 0.15) is 25.0 Å². The van der Waals surface area contributed by atoms with Crippen LogP contribution in [0, 0.1) is 0 Å². The van der Waals surface area contributed by atoms with Gasteiger partial charge in [0.15, 0.2) is 0 Å². The third-order valence-electron chi connectivity index (χ3n) is 6.93. The summed E-state index contributed by atoms with van der Waals surface area (Å²) in [6, 6.07) is 22.5. The summed E-state index contributed by atoms with van der Waals surface area (Å²) in [6.45, 7) is 5.49. The minimum atomic E-state index is -2.28. The molecular weight excluding hydrogens is 609 g/mol. The minimum absolute atomic E-state index is 0.274. The summed E-state index contributed by atoms with van der Waals surface area (Å²) in [5, 5.41) is 8.57. The number of nitrogens with zero attached hydrogens (tertiary/aromatic N) is 4. The van der Waals surface area contributed by atoms with Crippen molar-refractivity contribution in [1.82, 2.24) is 0 Å². The van der Waals surface area contributed by atoms with E-state index in [1.165, 1.54) is 0 Å². The number of hydrogen-bond donors (Lipinski definition) is 0. The Kier molecular flexibility index (Phi) is 8.35. The maximum absolute atomic E-state index is 11.5. The molecule has 0 bridgehead atoms. The standard InChI is InChI=1S/C30H26N4O4S4/c1-3-33-23-9-5-19(13-29(23)39-27-11-7-21(41(35)36)15-25(27)33)17-31-32-18-20-6-10-24-30(14-20)40-28-12-8-22(42(37)38)16-26(28)34(24)4-2/h5-18H,3-4H2,1-2H3,(H,35,36)(H,37,38)/p-2/b31-17+,32-18+. The molecule has 8 nitrogen and oxygen atoms in total. The molecule has 2 atom stereocenters. The summed E-state index contributed by atoms with van der Waals surface area (Å²) in [5.74, 6) is 0. The van der Waals surface area contributed by atoms with Crippen molar-refractivity contribution in [1.29, 1.82) is 0 Å². The lowest BCUT2D eigenvalue weighted by molar-refractivity contribution is 0.535. The number of rotatable bonds is 7. The van der Waals surface area contributed by atoms with Gasteiger partial charge in [-0.15, -0.1) is 0 Å². The summed E-state index contributed by atoms with van der Waals surface area (Å²) in [4.78, 5) is 8.91. The molecule has 0 amide bonds. The van der Waals surface area contributed by atoms with Gasteiger partial charge in [0.25, 0.3) is 0 Å². The highest BCUT2D eigenvalue weighted by Gasteiger charge is 2.24. The number of anilines is 4. The van der Waals surface area contributed by atoms with Crippen LogP contribution in [0.5, 0.6) is 0 Å². The van der Waals surface area contributed by atoms with Crippen LogP contribution < -0.4 is 9.80 Å². The van der Waals surface area contributed by atoms with E-state index in [4.69, 9.17) is 0 Å². The number of benzene rings is 4. The highest BCUT2D eigenvalue weighted by molar-refractivity contribution is 8.00. The van der Waals surface area contributed by atoms with E-state index in [1.54, 1.807) is 60.2 Å². The minimum Gasteiger partial charge on any atom is -0.768 e. The summed E-state index contributed by atoms with van der Waals surface area (Å²) in [6.07, 6.45) is 3.43. The van der Waals surface area contributed by atoms with Gasteiger partial charge >= 0.3 is 0 Å². The maximum Gasteiger partial charge on any atom is 0.0568 e. The molecule has 0 radical (unpaired) electrons. The zero-order chi connectivity index (χ0) is 29.4. The van der Waals surface area contributed by atoms with Crippen molar-refractivity contribution < 1.29 is 17.5 Å². The first-order valence-electron chi connectivity index (χ1n) is 13.1. The van der Waals surface area contributed by atoms with Crippen molar-refractivity contribution in [3.05, 3.63) is 83.9 Å². The zero-order valence-electron chi connectivity index (χ0n) is 22.6. The predicted octanol–water partition coefficient (Wildman–Crippen LogP) is 6.86. The fourth-order valence-corrected chi connectivity index (χ4v) is 8.03. The van der Waals surface area contributed by atoms with E-state index in [9.17, 15) is 17.5 Å². The van der Waals surface area contributed by atoms with Crippen LogP contribution in [0.4, 0.5) is 22.7 Å². The Balaban J connectivity index is 1.19. The molecule has 2 aliphatic heterocycles. The Morgan fingerprint density at radius 1 is 0.619 bits per heavy atom. The van der Waals surface area contributed by atoms with Gasteiger partial charge in [-0.2, -0.15) is 10.2 Å². The number of fused-ring (bicyclic) bond motifs is 4. The second-order valence-corrected chi connectivity index (χ2v) is 13.4. The highest BCUT2D eigenvalue weighted by Crippen LogP contribution is 2.50. The van der Waals surface area contributed by atoms with E-state index in [0.717, 1.165) is 53.5 Å². The second-order valence-electron chi connectivity index (χ2n) is 9.36. The Morgan fingerprint density at radius 3 is 1.43 bits per heavy atom. The average Bonchev–Trinajstić information content (AvgIpc) is 2.99. The van der Waals surface area contributed by atoms with Crippen molar-refractivity contribution in [2.45, 2.75) is 43.2 Å². The summed E-state index contributed by atoms with van der Waals surface area (Å²) in [5.41, 5.74) is 5.64. The van der Waals surface area contributed by atoms with Crippen LogP contribution in [0.15, 0.2) is 112 Å². The molecule has 2 unspecified atom stereocenters. The fourth-order valence-electron chi connectivity index (χ4n) is 5.01. The van der Waals surface area contributed by atoms with E-state index < -0.39 is 22.2 Å². The molecular formula is C30H24N4O4S4-2. The van der Waals surface area contributed by atoms with Gasteiger partial charge in [0.1, 0.15) is 0 Å². The van der Waals surface area contributed by atoms with Crippen molar-refractivity contribution in [2.75, 3.05) is 22.9 Å². The molecule has 214 valence electrons. The maximum atomic E-state index is 11.5. The Hall–Kier alpha value is -3.26. The second kappa shape index (κ2) is 12.2. The monoisotopic (exact) mass is 632 g/mol. The molecule has 0 aliphatic carbocycles. The van der Waals surface area contributed by atoms with Gasteiger partial charge in [0.05, 0.1) is 35.2 Å². The molecule has 0 fully saturated rings. The molecule has 0 spiro atoms. The SMILES string of the molecule is CCN1c2ccc(/C=N/N=C/c3ccc4c(c3)Sc3ccc(S(=O)[O-])cc3N4CC)cc2Sc2ccc(S(=O)[O-])cc21. The zero-order valence-corrected chi connectivity index (χ0v) is 25.8. The van der Waals surface area contributed by atoms with Gasteiger partial charge in [-0.3, -0.25) is 8.42 Å². The van der Waals surface area contributed by atoms with E-state index in [-0.39, 0.29) is 9.79 Å². The van der Waals surface area contributed by atoms with Gasteiger partial charge in [-0.1, -0.05) is 35.7 Å². The molecule has 4 aromatic carbocycles. The van der Waals surface area contributed by atoms with Gasteiger partial charge in [0, 0.05) is 42.5 Å². The topological polar surface area (TPSA) is 111 Å². The largest absolute Gasteiger partial charge is 0.768 e. The smallest absolute Gasteiger partial charge is 0.0568 e. The fraction of sp³-hybridized carbons (Fsp3) is 0.133. The van der Waals surface area contributed by atoms with Gasteiger partial charge < -0.3 is 18.9 Å². The van der Waals surface area contributed by atoms with Crippen LogP contribution in [0.25, 0.3) is 0 Å². The molecule has 42 heavy (non-hydrogen) atoms. The molecule has 0 saturated carbocycles. The summed E-state index contributed by atoms with van der Waals surface area (Å²) >= 11 is -1.34. The highest BCUT2D eigenvalue weighted by atomic mass is 32.2. The lowest BCUT2D eigenvalue weighted by atomic mass is 10.1. The van der Waals surface area contributed by atoms with Crippen LogP contribution in [0.2, 0.25) is 0 Å². The van der Waals surface area contributed by atoms with Crippen molar-refractivity contribution in [3.8, 4) is 0 Å². The van der Waals surface area contributed by atoms with Crippen LogP contribution in [0.3, 0.4) is 0 Å². The molecule has 12 heteroatoms. The summed E-state index contributed by atoms with van der Waals surface area (Å²) < 4.78 is 45.9. The van der Waals surface area contributed by atoms with Gasteiger partial charge in [-0.25, -0.2) is 0 Å². The molecule has 2 heterocycles. The predicted molar refractivity (Wildman–Crippen MR) is 169 cm³/mol. The third-order valence-corrected chi connectivity index (χ3v) is 10.4. The van der Waals surface area contributed by atoms with Crippen LogP contribution in [-0.2, 0) is 22.2 Å². The van der Waals surface area contributed by atoms with Crippen LogP contribution in [-0.4, -0.2) is 43.0 Å². The van der Waals surface area contributed by atoms with E-state index >= 15 is 0 Å². The third kappa shape index (κ3) is 5.58. The lowest BCUT2D eigenvalue weighted by Crippen LogP contribution is -2.20. The Bertz CT molecular complexity index is 1680. The van der Waals surface area contributed by atoms with Crippen LogP contribution >= 0.6 is 23.5 Å². The van der Waals surface area contributed by atoms with Crippen molar-refractivity contribution in [2.24, 2.45) is 10.2 Å². The van der Waals surface area contributed by atoms with E-state index in [1.807, 2.05) is 50.2 Å². The summed E-state index contributed by atoms with van der Waals surface area (Å²) in [7, 11) is 0. The Morgan fingerprint density at radius 2 is 1.05 bits per heavy atom. The lowest BCUT2D eigenvalue weighted by Gasteiger charge is -2.32.